The highest BCUT2D eigenvalue weighted by atomic mass is 32.2. The van der Waals surface area contributed by atoms with Gasteiger partial charge in [0.2, 0.25) is 0 Å². The Kier molecular flexibility index (Phi) is 4.14. The SMILES string of the molecule is CC(=N[S@+]([O-])C(C)(C)C)c1ccc(C#N)s1. The quantitative estimate of drug-likeness (QED) is 0.602. The van der Waals surface area contributed by atoms with Crippen LogP contribution in [0.2, 0.25) is 0 Å². The summed E-state index contributed by atoms with van der Waals surface area (Å²) in [6, 6.07) is 5.66. The average molecular weight is 254 g/mol. The van der Waals surface area contributed by atoms with E-state index in [4.69, 9.17) is 5.26 Å². The first-order chi connectivity index (χ1) is 7.34. The largest absolute Gasteiger partial charge is 0.591 e. The molecule has 86 valence electrons. The first-order valence-corrected chi connectivity index (χ1v) is 6.74. The zero-order valence-corrected chi connectivity index (χ0v) is 11.4. The van der Waals surface area contributed by atoms with Crippen molar-refractivity contribution in [2.75, 3.05) is 0 Å². The van der Waals surface area contributed by atoms with Crippen LogP contribution in [0.5, 0.6) is 0 Å². The van der Waals surface area contributed by atoms with E-state index in [1.165, 1.54) is 11.3 Å². The van der Waals surface area contributed by atoms with Crippen LogP contribution in [0.15, 0.2) is 16.5 Å². The van der Waals surface area contributed by atoms with Crippen molar-refractivity contribution in [2.24, 2.45) is 4.40 Å². The molecule has 3 nitrogen and oxygen atoms in total. The maximum Gasteiger partial charge on any atom is 0.144 e. The van der Waals surface area contributed by atoms with Crippen LogP contribution >= 0.6 is 11.3 Å². The second kappa shape index (κ2) is 5.00. The molecule has 0 radical (unpaired) electrons. The molecule has 0 N–H and O–H groups in total. The summed E-state index contributed by atoms with van der Waals surface area (Å²) >= 11 is 0.118. The lowest BCUT2D eigenvalue weighted by Crippen LogP contribution is -2.26. The highest BCUT2D eigenvalue weighted by molar-refractivity contribution is 7.91. The third-order valence-electron chi connectivity index (χ3n) is 1.82. The Bertz CT molecular complexity index is 438. The number of hydrogen-bond donors (Lipinski definition) is 0. The summed E-state index contributed by atoms with van der Waals surface area (Å²) in [5.74, 6) is 0. The van der Waals surface area contributed by atoms with Crippen molar-refractivity contribution in [3.05, 3.63) is 21.9 Å². The molecule has 1 aromatic heterocycles. The molecular formula is C11H14N2OS2. The van der Waals surface area contributed by atoms with E-state index in [1.54, 1.807) is 6.07 Å². The predicted molar refractivity (Wildman–Crippen MR) is 69.1 cm³/mol. The van der Waals surface area contributed by atoms with Gasteiger partial charge in [0, 0.05) is 0 Å². The third-order valence-corrected chi connectivity index (χ3v) is 4.40. The third kappa shape index (κ3) is 3.34. The van der Waals surface area contributed by atoms with Gasteiger partial charge in [0.15, 0.2) is 0 Å². The molecule has 1 aromatic rings. The van der Waals surface area contributed by atoms with Crippen LogP contribution < -0.4 is 0 Å². The van der Waals surface area contributed by atoms with Gasteiger partial charge < -0.3 is 4.55 Å². The maximum atomic E-state index is 11.8. The van der Waals surface area contributed by atoms with E-state index in [0.717, 1.165) is 10.6 Å². The molecule has 0 bridgehead atoms. The van der Waals surface area contributed by atoms with Gasteiger partial charge >= 0.3 is 0 Å². The molecule has 1 heterocycles. The van der Waals surface area contributed by atoms with E-state index in [0.29, 0.717) is 4.88 Å². The molecule has 0 fully saturated rings. The van der Waals surface area contributed by atoms with E-state index in [-0.39, 0.29) is 4.75 Å². The lowest BCUT2D eigenvalue weighted by molar-refractivity contribution is 0.561. The molecule has 0 spiro atoms. The Morgan fingerprint density at radius 1 is 1.50 bits per heavy atom. The number of thiophene rings is 1. The number of hydrogen-bond acceptors (Lipinski definition) is 4. The summed E-state index contributed by atoms with van der Waals surface area (Å²) in [7, 11) is 0. The van der Waals surface area contributed by atoms with Crippen LogP contribution in [0.1, 0.15) is 37.4 Å². The van der Waals surface area contributed by atoms with Gasteiger partial charge in [-0.1, -0.05) is 4.40 Å². The van der Waals surface area contributed by atoms with Gasteiger partial charge in [-0.2, -0.15) is 5.26 Å². The smallest absolute Gasteiger partial charge is 0.144 e. The van der Waals surface area contributed by atoms with Gasteiger partial charge in [0.05, 0.1) is 4.88 Å². The van der Waals surface area contributed by atoms with Crippen molar-refractivity contribution in [1.82, 2.24) is 0 Å². The van der Waals surface area contributed by atoms with Crippen molar-refractivity contribution < 1.29 is 4.55 Å². The molecule has 0 aliphatic carbocycles. The standard InChI is InChI=1S/C11H14N2OS2/c1-8(13-16(14)11(2,3)4)10-6-5-9(7-12)15-10/h5-6H,1-4H3/t16-/m1/s1. The van der Waals surface area contributed by atoms with Crippen LogP contribution in [0.25, 0.3) is 0 Å². The van der Waals surface area contributed by atoms with E-state index < -0.39 is 11.4 Å². The molecule has 0 amide bonds. The van der Waals surface area contributed by atoms with Crippen LogP contribution in [0.4, 0.5) is 0 Å². The monoisotopic (exact) mass is 254 g/mol. The summed E-state index contributed by atoms with van der Waals surface area (Å²) in [5.41, 5.74) is 0.722. The maximum absolute atomic E-state index is 11.8. The summed E-state index contributed by atoms with van der Waals surface area (Å²) < 4.78 is 15.6. The van der Waals surface area contributed by atoms with E-state index in [2.05, 4.69) is 10.5 Å². The number of rotatable bonds is 2. The van der Waals surface area contributed by atoms with Crippen molar-refractivity contribution in [3.63, 3.8) is 0 Å². The fraction of sp³-hybridized carbons (Fsp3) is 0.455. The molecule has 0 saturated heterocycles. The minimum absolute atomic E-state index is 0.351. The lowest BCUT2D eigenvalue weighted by atomic mass is 10.3. The molecular weight excluding hydrogens is 240 g/mol. The molecule has 1 atom stereocenters. The van der Waals surface area contributed by atoms with Crippen LogP contribution in [-0.4, -0.2) is 15.0 Å². The van der Waals surface area contributed by atoms with Crippen LogP contribution in [0, 0.1) is 11.3 Å². The highest BCUT2D eigenvalue weighted by Gasteiger charge is 2.26. The van der Waals surface area contributed by atoms with Gasteiger partial charge in [-0.25, -0.2) is 0 Å². The number of nitriles is 1. The number of nitrogens with zero attached hydrogens (tertiary/aromatic N) is 2. The summed E-state index contributed by atoms with van der Waals surface area (Å²) in [4.78, 5) is 1.54. The lowest BCUT2D eigenvalue weighted by Gasteiger charge is -2.18. The topological polar surface area (TPSA) is 59.2 Å². The van der Waals surface area contributed by atoms with Crippen molar-refractivity contribution in [2.45, 2.75) is 32.4 Å². The molecule has 0 aliphatic rings. The Morgan fingerprint density at radius 3 is 2.56 bits per heavy atom. The fourth-order valence-electron chi connectivity index (χ4n) is 0.899. The average Bonchev–Trinajstić information content (AvgIpc) is 2.64. The van der Waals surface area contributed by atoms with Crippen LogP contribution in [0.3, 0.4) is 0 Å². The molecule has 5 heteroatoms. The molecule has 0 saturated carbocycles. The van der Waals surface area contributed by atoms with E-state index in [9.17, 15) is 4.55 Å². The first kappa shape index (κ1) is 13.2. The molecule has 0 aliphatic heterocycles. The Balaban J connectivity index is 2.90. The van der Waals surface area contributed by atoms with Gasteiger partial charge in [0.25, 0.3) is 0 Å². The van der Waals surface area contributed by atoms with E-state index in [1.807, 2.05) is 33.8 Å². The summed E-state index contributed by atoms with van der Waals surface area (Å²) in [6.07, 6.45) is 0. The second-order valence-corrected chi connectivity index (χ2v) is 7.30. The van der Waals surface area contributed by atoms with Gasteiger partial charge in [-0.3, -0.25) is 0 Å². The Labute approximate surface area is 103 Å². The zero-order valence-electron chi connectivity index (χ0n) is 9.77. The molecule has 0 unspecified atom stereocenters. The van der Waals surface area contributed by atoms with Gasteiger partial charge in [-0.05, 0) is 39.8 Å². The molecule has 16 heavy (non-hydrogen) atoms. The Morgan fingerprint density at radius 2 is 2.12 bits per heavy atom. The predicted octanol–water partition coefficient (Wildman–Crippen LogP) is 2.89. The zero-order chi connectivity index (χ0) is 12.3. The second-order valence-electron chi connectivity index (χ2n) is 4.31. The Hall–Kier alpha value is -0.830. The minimum atomic E-state index is -1.25. The van der Waals surface area contributed by atoms with Gasteiger partial charge in [0.1, 0.15) is 32.8 Å². The minimum Gasteiger partial charge on any atom is -0.591 e. The van der Waals surface area contributed by atoms with Crippen molar-refractivity contribution >= 4 is 28.4 Å². The normalized spacial score (nSPS) is 14.6. The fourth-order valence-corrected chi connectivity index (χ4v) is 2.33. The van der Waals surface area contributed by atoms with Crippen molar-refractivity contribution in [3.8, 4) is 6.07 Å². The molecule has 1 rings (SSSR count). The van der Waals surface area contributed by atoms with E-state index >= 15 is 0 Å². The molecule has 0 aromatic carbocycles. The highest BCUT2D eigenvalue weighted by Crippen LogP contribution is 2.21. The summed E-state index contributed by atoms with van der Waals surface area (Å²) in [6.45, 7) is 7.47. The summed E-state index contributed by atoms with van der Waals surface area (Å²) in [5, 5.41) is 8.70. The van der Waals surface area contributed by atoms with Gasteiger partial charge in [-0.15, -0.1) is 11.3 Å². The van der Waals surface area contributed by atoms with Crippen LogP contribution in [-0.2, 0) is 11.4 Å². The first-order valence-electron chi connectivity index (χ1n) is 4.82. The van der Waals surface area contributed by atoms with Crippen molar-refractivity contribution in [1.29, 1.82) is 5.26 Å².